The first-order valence-corrected chi connectivity index (χ1v) is 5.45. The van der Waals surface area contributed by atoms with E-state index in [1.165, 1.54) is 11.8 Å². The Kier molecular flexibility index (Phi) is 4.65. The molecule has 0 aliphatic carbocycles. The monoisotopic (exact) mass is 222 g/mol. The zero-order valence-corrected chi connectivity index (χ0v) is 9.75. The van der Waals surface area contributed by atoms with E-state index < -0.39 is 0 Å². The van der Waals surface area contributed by atoms with E-state index in [0.29, 0.717) is 0 Å². The van der Waals surface area contributed by atoms with Crippen LogP contribution < -0.4 is 0 Å². The highest BCUT2D eigenvalue weighted by atomic mass is 35.5. The normalized spacial score (nSPS) is 11.4. The maximum atomic E-state index is 5.80. The molecule has 0 N–H and O–H groups in total. The lowest BCUT2D eigenvalue weighted by Crippen LogP contribution is -1.70. The molecule has 2 heteroatoms. The Morgan fingerprint density at radius 3 is 2.43 bits per heavy atom. The van der Waals surface area contributed by atoms with E-state index in [1.807, 2.05) is 44.2 Å². The summed E-state index contributed by atoms with van der Waals surface area (Å²) in [6.07, 6.45) is 0. The van der Waals surface area contributed by atoms with Crippen molar-refractivity contribution in [2.45, 2.75) is 13.8 Å². The van der Waals surface area contributed by atoms with Crippen molar-refractivity contribution in [3.63, 3.8) is 0 Å². The maximum Gasteiger partial charge on any atom is 0.0254 e. The second-order valence-electron chi connectivity index (χ2n) is 2.78. The van der Waals surface area contributed by atoms with E-state index in [9.17, 15) is 0 Å². The van der Waals surface area contributed by atoms with Crippen LogP contribution >= 0.6 is 23.4 Å². The standard InChI is InChI=1S/C12H11ClS/c1-10(13)11(2)14-9-8-12-6-4-3-5-7-12/h3-7H,1-2H3/b11-10+. The van der Waals surface area contributed by atoms with Gasteiger partial charge in [-0.05, 0) is 43.0 Å². The summed E-state index contributed by atoms with van der Waals surface area (Å²) in [6, 6.07) is 9.90. The summed E-state index contributed by atoms with van der Waals surface area (Å²) >= 11 is 7.27. The van der Waals surface area contributed by atoms with E-state index >= 15 is 0 Å². The highest BCUT2D eigenvalue weighted by Crippen LogP contribution is 2.19. The molecule has 0 saturated carbocycles. The predicted molar refractivity (Wildman–Crippen MR) is 65.1 cm³/mol. The molecule has 0 nitrogen and oxygen atoms in total. The molecule has 0 spiro atoms. The molecule has 14 heavy (non-hydrogen) atoms. The third-order valence-electron chi connectivity index (χ3n) is 1.66. The molecule has 72 valence electrons. The summed E-state index contributed by atoms with van der Waals surface area (Å²) in [5.41, 5.74) is 1.03. The first-order chi connectivity index (χ1) is 6.70. The lowest BCUT2D eigenvalue weighted by molar-refractivity contribution is 1.55. The molecule has 0 aromatic heterocycles. The molecule has 0 aliphatic heterocycles. The Morgan fingerprint density at radius 1 is 1.21 bits per heavy atom. The van der Waals surface area contributed by atoms with Crippen LogP contribution in [-0.2, 0) is 0 Å². The fourth-order valence-corrected chi connectivity index (χ4v) is 1.33. The first kappa shape index (κ1) is 11.2. The Labute approximate surface area is 94.4 Å². The Hall–Kier alpha value is -0.840. The zero-order chi connectivity index (χ0) is 10.4. The number of allylic oxidation sites excluding steroid dienone is 2. The van der Waals surface area contributed by atoms with E-state index in [-0.39, 0.29) is 0 Å². The summed E-state index contributed by atoms with van der Waals surface area (Å²) in [4.78, 5) is 1.05. The van der Waals surface area contributed by atoms with Crippen LogP contribution in [0, 0.1) is 11.2 Å². The Morgan fingerprint density at radius 2 is 1.86 bits per heavy atom. The van der Waals surface area contributed by atoms with Crippen LogP contribution in [0.15, 0.2) is 40.3 Å². The number of rotatable bonds is 1. The van der Waals surface area contributed by atoms with Gasteiger partial charge in [0.15, 0.2) is 0 Å². The molecule has 0 bridgehead atoms. The third-order valence-corrected chi connectivity index (χ3v) is 2.87. The second kappa shape index (κ2) is 5.80. The highest BCUT2D eigenvalue weighted by Gasteiger charge is 1.90. The van der Waals surface area contributed by atoms with Crippen LogP contribution in [0.2, 0.25) is 0 Å². The summed E-state index contributed by atoms with van der Waals surface area (Å²) in [6.45, 7) is 3.83. The van der Waals surface area contributed by atoms with Crippen LogP contribution in [-0.4, -0.2) is 0 Å². The minimum atomic E-state index is 0.803. The molecule has 1 aromatic rings. The molecule has 0 fully saturated rings. The first-order valence-electron chi connectivity index (χ1n) is 4.26. The van der Waals surface area contributed by atoms with Crippen molar-refractivity contribution >= 4 is 23.4 Å². The molecule has 0 radical (unpaired) electrons. The minimum absolute atomic E-state index is 0.803. The van der Waals surface area contributed by atoms with Crippen LogP contribution in [0.4, 0.5) is 0 Å². The van der Waals surface area contributed by atoms with Crippen molar-refractivity contribution in [2.75, 3.05) is 0 Å². The molecular formula is C12H11ClS. The van der Waals surface area contributed by atoms with Crippen molar-refractivity contribution in [1.82, 2.24) is 0 Å². The smallest absolute Gasteiger partial charge is 0.0254 e. The molecule has 0 heterocycles. The average molecular weight is 223 g/mol. The summed E-state index contributed by atoms with van der Waals surface area (Å²) < 4.78 is 0. The Bertz CT molecular complexity index is 378. The van der Waals surface area contributed by atoms with Crippen LogP contribution in [0.5, 0.6) is 0 Å². The number of hydrogen-bond donors (Lipinski definition) is 0. The lowest BCUT2D eigenvalue weighted by atomic mass is 10.2. The number of benzene rings is 1. The number of thioether (sulfide) groups is 1. The largest absolute Gasteiger partial charge is 0.0886 e. The van der Waals surface area contributed by atoms with Gasteiger partial charge in [0.1, 0.15) is 0 Å². The Balaban J connectivity index is 2.63. The maximum absolute atomic E-state index is 5.80. The van der Waals surface area contributed by atoms with Gasteiger partial charge < -0.3 is 0 Å². The van der Waals surface area contributed by atoms with Gasteiger partial charge in [-0.2, -0.15) is 0 Å². The molecule has 1 rings (SSSR count). The van der Waals surface area contributed by atoms with Crippen LogP contribution in [0.25, 0.3) is 0 Å². The van der Waals surface area contributed by atoms with Crippen LogP contribution in [0.3, 0.4) is 0 Å². The fraction of sp³-hybridized carbons (Fsp3) is 0.167. The zero-order valence-electron chi connectivity index (χ0n) is 8.17. The third kappa shape index (κ3) is 3.91. The van der Waals surface area contributed by atoms with Gasteiger partial charge in [-0.25, -0.2) is 0 Å². The predicted octanol–water partition coefficient (Wildman–Crippen LogP) is 4.22. The van der Waals surface area contributed by atoms with Gasteiger partial charge in [0.2, 0.25) is 0 Å². The van der Waals surface area contributed by atoms with Crippen molar-refractivity contribution in [1.29, 1.82) is 0 Å². The van der Waals surface area contributed by atoms with Crippen molar-refractivity contribution in [3.8, 4) is 11.2 Å². The summed E-state index contributed by atoms with van der Waals surface area (Å²) in [5.74, 6) is 3.05. The van der Waals surface area contributed by atoms with Gasteiger partial charge >= 0.3 is 0 Å². The van der Waals surface area contributed by atoms with Crippen molar-refractivity contribution < 1.29 is 0 Å². The van der Waals surface area contributed by atoms with Gasteiger partial charge in [0, 0.05) is 15.5 Å². The SMILES string of the molecule is C/C(Cl)=C(/C)SC#Cc1ccccc1. The fourth-order valence-electron chi connectivity index (χ4n) is 0.753. The van der Waals surface area contributed by atoms with E-state index in [1.54, 1.807) is 0 Å². The average Bonchev–Trinajstić information content (AvgIpc) is 2.19. The van der Waals surface area contributed by atoms with Gasteiger partial charge in [-0.15, -0.1) is 0 Å². The minimum Gasteiger partial charge on any atom is -0.0886 e. The van der Waals surface area contributed by atoms with E-state index in [4.69, 9.17) is 11.6 Å². The number of hydrogen-bond acceptors (Lipinski definition) is 1. The quantitative estimate of drug-likeness (QED) is 0.642. The molecule has 0 unspecified atom stereocenters. The number of halogens is 1. The van der Waals surface area contributed by atoms with Gasteiger partial charge in [-0.1, -0.05) is 35.7 Å². The van der Waals surface area contributed by atoms with Gasteiger partial charge in [-0.3, -0.25) is 0 Å². The molecule has 0 atom stereocenters. The molecule has 0 amide bonds. The van der Waals surface area contributed by atoms with Crippen LogP contribution in [0.1, 0.15) is 19.4 Å². The molecular weight excluding hydrogens is 212 g/mol. The van der Waals surface area contributed by atoms with Gasteiger partial charge in [0.25, 0.3) is 0 Å². The van der Waals surface area contributed by atoms with Gasteiger partial charge in [0.05, 0.1) is 0 Å². The highest BCUT2D eigenvalue weighted by molar-refractivity contribution is 8.07. The molecule has 0 saturated heterocycles. The lowest BCUT2D eigenvalue weighted by Gasteiger charge is -1.92. The van der Waals surface area contributed by atoms with E-state index in [2.05, 4.69) is 11.2 Å². The summed E-state index contributed by atoms with van der Waals surface area (Å²) in [5, 5.41) is 3.81. The molecule has 0 aliphatic rings. The second-order valence-corrected chi connectivity index (χ2v) is 4.37. The van der Waals surface area contributed by atoms with Crippen molar-refractivity contribution in [2.24, 2.45) is 0 Å². The van der Waals surface area contributed by atoms with E-state index in [0.717, 1.165) is 15.5 Å². The molecule has 1 aromatic carbocycles. The topological polar surface area (TPSA) is 0 Å². The summed E-state index contributed by atoms with van der Waals surface area (Å²) in [7, 11) is 0. The van der Waals surface area contributed by atoms with Crippen molar-refractivity contribution in [3.05, 3.63) is 45.8 Å².